The topological polar surface area (TPSA) is 114 Å². The van der Waals surface area contributed by atoms with Crippen molar-refractivity contribution in [3.8, 4) is 0 Å². The molecule has 0 radical (unpaired) electrons. The largest absolute Gasteiger partial charge is 0.378 e. The van der Waals surface area contributed by atoms with Crippen molar-refractivity contribution in [1.82, 2.24) is 15.7 Å². The Bertz CT molecular complexity index is 504. The van der Waals surface area contributed by atoms with Crippen LogP contribution in [0.5, 0.6) is 0 Å². The van der Waals surface area contributed by atoms with Crippen LogP contribution in [0.1, 0.15) is 17.0 Å². The number of hydrazine groups is 1. The molecule has 9 heteroatoms. The van der Waals surface area contributed by atoms with Crippen molar-refractivity contribution in [2.24, 2.45) is 16.8 Å². The molecule has 1 aliphatic heterocycles. The first-order chi connectivity index (χ1) is 10.1. The van der Waals surface area contributed by atoms with Gasteiger partial charge in [0.05, 0.1) is 16.7 Å². The number of methoxy groups -OCH3 is 1. The SMILES string of the molecule is CN[C@@H]1CCN(c2nc(C)c(/C(=N/N)NN)s2)C[C@@H]1OC. The minimum atomic E-state index is 0.145. The van der Waals surface area contributed by atoms with E-state index >= 15 is 0 Å². The molecule has 8 nitrogen and oxygen atoms in total. The summed E-state index contributed by atoms with van der Waals surface area (Å²) in [6, 6.07) is 0.374. The second-order valence-corrected chi connectivity index (χ2v) is 5.91. The molecule has 2 atom stereocenters. The number of hydrogen-bond donors (Lipinski definition) is 4. The van der Waals surface area contributed by atoms with Crippen LogP contribution >= 0.6 is 11.3 Å². The zero-order valence-electron chi connectivity index (χ0n) is 12.6. The third-order valence-electron chi connectivity index (χ3n) is 3.77. The van der Waals surface area contributed by atoms with Gasteiger partial charge in [-0.2, -0.15) is 5.10 Å². The molecule has 0 aliphatic carbocycles. The van der Waals surface area contributed by atoms with Gasteiger partial charge in [-0.1, -0.05) is 11.3 Å². The lowest BCUT2D eigenvalue weighted by Crippen LogP contribution is -2.52. The average Bonchev–Trinajstić information content (AvgIpc) is 2.90. The van der Waals surface area contributed by atoms with E-state index in [2.05, 4.69) is 25.7 Å². The molecule has 0 spiro atoms. The molecular formula is C12H23N7OS. The Morgan fingerprint density at radius 2 is 2.33 bits per heavy atom. The first kappa shape index (κ1) is 16.0. The van der Waals surface area contributed by atoms with Crippen molar-refractivity contribution in [1.29, 1.82) is 0 Å². The highest BCUT2D eigenvalue weighted by Crippen LogP contribution is 2.29. The Morgan fingerprint density at radius 1 is 1.57 bits per heavy atom. The Kier molecular flexibility index (Phi) is 5.34. The molecule has 1 saturated heterocycles. The van der Waals surface area contributed by atoms with Gasteiger partial charge < -0.3 is 26.2 Å². The Labute approximate surface area is 128 Å². The molecular weight excluding hydrogens is 290 g/mol. The fourth-order valence-corrected chi connectivity index (χ4v) is 3.62. The number of rotatable bonds is 4. The molecule has 0 unspecified atom stereocenters. The second-order valence-electron chi connectivity index (χ2n) is 4.94. The summed E-state index contributed by atoms with van der Waals surface area (Å²) in [4.78, 5) is 7.70. The molecule has 1 fully saturated rings. The molecule has 2 rings (SSSR count). The second kappa shape index (κ2) is 7.03. The third kappa shape index (κ3) is 3.26. The van der Waals surface area contributed by atoms with Crippen LogP contribution in [0.25, 0.3) is 0 Å². The van der Waals surface area contributed by atoms with Gasteiger partial charge in [0, 0.05) is 26.2 Å². The normalized spacial score (nSPS) is 23.4. The molecule has 0 saturated carbocycles. The quantitative estimate of drug-likeness (QED) is 0.253. The van der Waals surface area contributed by atoms with Crippen molar-refractivity contribution in [3.05, 3.63) is 10.6 Å². The molecule has 1 aliphatic rings. The first-order valence-corrected chi connectivity index (χ1v) is 7.63. The highest BCUT2D eigenvalue weighted by Gasteiger charge is 2.30. The monoisotopic (exact) mass is 313 g/mol. The van der Waals surface area contributed by atoms with Gasteiger partial charge >= 0.3 is 0 Å². The van der Waals surface area contributed by atoms with E-state index in [1.165, 1.54) is 11.3 Å². The Morgan fingerprint density at radius 3 is 2.90 bits per heavy atom. The van der Waals surface area contributed by atoms with Crippen LogP contribution in [0.4, 0.5) is 5.13 Å². The van der Waals surface area contributed by atoms with E-state index in [1.807, 2.05) is 14.0 Å². The van der Waals surface area contributed by atoms with Crippen LogP contribution < -0.4 is 27.3 Å². The van der Waals surface area contributed by atoms with E-state index in [4.69, 9.17) is 16.4 Å². The maximum atomic E-state index is 5.57. The van der Waals surface area contributed by atoms with Gasteiger partial charge in [-0.25, -0.2) is 10.8 Å². The average molecular weight is 313 g/mol. The fourth-order valence-electron chi connectivity index (χ4n) is 2.56. The lowest BCUT2D eigenvalue weighted by atomic mass is 10.0. The van der Waals surface area contributed by atoms with Crippen LogP contribution in [-0.4, -0.2) is 50.2 Å². The summed E-state index contributed by atoms with van der Waals surface area (Å²) in [6.45, 7) is 3.66. The molecule has 1 aromatic rings. The smallest absolute Gasteiger partial charge is 0.186 e. The number of nitrogens with one attached hydrogen (secondary N) is 2. The van der Waals surface area contributed by atoms with E-state index < -0.39 is 0 Å². The van der Waals surface area contributed by atoms with Crippen molar-refractivity contribution in [2.45, 2.75) is 25.5 Å². The third-order valence-corrected chi connectivity index (χ3v) is 4.99. The molecule has 0 amide bonds. The molecule has 2 heterocycles. The zero-order valence-corrected chi connectivity index (χ0v) is 13.4. The molecule has 21 heavy (non-hydrogen) atoms. The molecule has 6 N–H and O–H groups in total. The summed E-state index contributed by atoms with van der Waals surface area (Å²) in [6.07, 6.45) is 1.15. The minimum Gasteiger partial charge on any atom is -0.378 e. The lowest BCUT2D eigenvalue weighted by Gasteiger charge is -2.37. The summed E-state index contributed by atoms with van der Waals surface area (Å²) in [5.41, 5.74) is 3.37. The summed E-state index contributed by atoms with van der Waals surface area (Å²) >= 11 is 1.53. The number of amidine groups is 1. The predicted octanol–water partition coefficient (Wildman–Crippen LogP) is -0.652. The number of thiazole rings is 1. The van der Waals surface area contributed by atoms with Gasteiger partial charge in [0.25, 0.3) is 0 Å². The van der Waals surface area contributed by atoms with Crippen molar-refractivity contribution in [2.75, 3.05) is 32.1 Å². The number of ether oxygens (including phenoxy) is 1. The number of aromatic nitrogens is 1. The maximum absolute atomic E-state index is 5.57. The Hall–Kier alpha value is -1.42. The standard InChI is InChI=1S/C12H23N7OS/c1-7-10(11(17-13)18-14)21-12(16-7)19-5-4-8(15-2)9(6-19)20-3/h8-9,15H,4-6,13-14H2,1-3H3,(H,17,18)/t8-,9+/m1/s1. The maximum Gasteiger partial charge on any atom is 0.186 e. The summed E-state index contributed by atoms with van der Waals surface area (Å²) in [5, 5.41) is 7.89. The van der Waals surface area contributed by atoms with Gasteiger partial charge in [-0.15, -0.1) is 0 Å². The molecule has 0 aromatic carbocycles. The van der Waals surface area contributed by atoms with E-state index in [1.54, 1.807) is 7.11 Å². The van der Waals surface area contributed by atoms with E-state index in [0.29, 0.717) is 11.9 Å². The van der Waals surface area contributed by atoms with Crippen LogP contribution in [0.2, 0.25) is 0 Å². The molecule has 0 bridgehead atoms. The minimum absolute atomic E-state index is 0.145. The van der Waals surface area contributed by atoms with Gasteiger partial charge in [0.15, 0.2) is 11.0 Å². The van der Waals surface area contributed by atoms with Crippen molar-refractivity contribution >= 4 is 22.3 Å². The summed E-state index contributed by atoms with van der Waals surface area (Å²) < 4.78 is 5.57. The van der Waals surface area contributed by atoms with Crippen LogP contribution in [-0.2, 0) is 4.74 Å². The van der Waals surface area contributed by atoms with E-state index in [-0.39, 0.29) is 6.10 Å². The number of piperidine rings is 1. The predicted molar refractivity (Wildman–Crippen MR) is 85.4 cm³/mol. The first-order valence-electron chi connectivity index (χ1n) is 6.81. The fraction of sp³-hybridized carbons (Fsp3) is 0.667. The summed E-state index contributed by atoms with van der Waals surface area (Å²) in [7, 11) is 3.71. The van der Waals surface area contributed by atoms with Crippen LogP contribution in [0.15, 0.2) is 5.10 Å². The summed E-state index contributed by atoms with van der Waals surface area (Å²) in [5.74, 6) is 11.2. The molecule has 118 valence electrons. The van der Waals surface area contributed by atoms with Gasteiger partial charge in [-0.05, 0) is 20.4 Å². The van der Waals surface area contributed by atoms with Gasteiger partial charge in [0.1, 0.15) is 0 Å². The van der Waals surface area contributed by atoms with Gasteiger partial charge in [-0.3, -0.25) is 0 Å². The van der Waals surface area contributed by atoms with Crippen molar-refractivity contribution < 1.29 is 4.74 Å². The number of aryl methyl sites for hydroxylation is 1. The zero-order chi connectivity index (χ0) is 15.4. The van der Waals surface area contributed by atoms with Crippen LogP contribution in [0, 0.1) is 6.92 Å². The highest BCUT2D eigenvalue weighted by atomic mass is 32.1. The number of hydrazone groups is 1. The lowest BCUT2D eigenvalue weighted by molar-refractivity contribution is 0.0628. The molecule has 1 aromatic heterocycles. The Balaban J connectivity index is 2.18. The number of likely N-dealkylation sites (N-methyl/N-ethyl adjacent to an activating group) is 1. The van der Waals surface area contributed by atoms with Crippen molar-refractivity contribution in [3.63, 3.8) is 0 Å². The number of hydrogen-bond acceptors (Lipinski definition) is 8. The van der Waals surface area contributed by atoms with E-state index in [9.17, 15) is 0 Å². The number of nitrogens with two attached hydrogens (primary N) is 2. The van der Waals surface area contributed by atoms with Gasteiger partial charge in [0.2, 0.25) is 0 Å². The number of anilines is 1. The van der Waals surface area contributed by atoms with E-state index in [0.717, 1.165) is 35.2 Å². The van der Waals surface area contributed by atoms with Crippen LogP contribution in [0.3, 0.4) is 0 Å². The number of nitrogens with zero attached hydrogens (tertiary/aromatic N) is 3. The highest BCUT2D eigenvalue weighted by molar-refractivity contribution is 7.17.